The lowest BCUT2D eigenvalue weighted by atomic mass is 9.90. The number of benzene rings is 1. The molecule has 0 spiro atoms. The lowest BCUT2D eigenvalue weighted by Gasteiger charge is -2.31. The summed E-state index contributed by atoms with van der Waals surface area (Å²) in [5, 5.41) is 0. The third-order valence-corrected chi connectivity index (χ3v) is 6.41. The Labute approximate surface area is 180 Å². The van der Waals surface area contributed by atoms with E-state index in [9.17, 15) is 4.79 Å². The highest BCUT2D eigenvalue weighted by molar-refractivity contribution is 5.73. The van der Waals surface area contributed by atoms with Crippen molar-refractivity contribution in [3.63, 3.8) is 0 Å². The first kappa shape index (κ1) is 20.9. The average molecular weight is 408 g/mol. The van der Waals surface area contributed by atoms with E-state index in [2.05, 4.69) is 40.2 Å². The molecule has 1 aromatic heterocycles. The molecule has 30 heavy (non-hydrogen) atoms. The molecule has 2 aliphatic rings. The van der Waals surface area contributed by atoms with E-state index in [1.54, 1.807) is 14.0 Å². The van der Waals surface area contributed by atoms with E-state index in [1.807, 2.05) is 17.0 Å². The van der Waals surface area contributed by atoms with Crippen molar-refractivity contribution in [2.24, 2.45) is 5.92 Å². The van der Waals surface area contributed by atoms with Crippen LogP contribution in [0.4, 0.5) is 0 Å². The highest BCUT2D eigenvalue weighted by Crippen LogP contribution is 2.30. The Bertz CT molecular complexity index is 840. The van der Waals surface area contributed by atoms with Crippen LogP contribution in [-0.4, -0.2) is 46.9 Å². The predicted molar refractivity (Wildman–Crippen MR) is 118 cm³/mol. The number of amides is 1. The fraction of sp³-hybridized carbons (Fsp3) is 0.520. The smallest absolute Gasteiger partial charge is 0.219 e. The Kier molecular flexibility index (Phi) is 6.68. The van der Waals surface area contributed by atoms with E-state index in [0.717, 1.165) is 51.1 Å². The zero-order valence-electron chi connectivity index (χ0n) is 18.2. The van der Waals surface area contributed by atoms with E-state index >= 15 is 0 Å². The van der Waals surface area contributed by atoms with Gasteiger partial charge in [-0.3, -0.25) is 9.69 Å². The standard InChI is InChI=1S/C25H33N3O2/c1-19(29)27-14-12-21(13-15-27)16-20-6-8-22(9-7-20)17-28(24-10-11-24)18-23-4-3-5-25(26-23)30-2/h3-9,21,24H,10-18H2,1-2H3. The van der Waals surface area contributed by atoms with Crippen LogP contribution in [0.3, 0.4) is 0 Å². The van der Waals surface area contributed by atoms with Crippen LogP contribution in [0.1, 0.15) is 49.4 Å². The summed E-state index contributed by atoms with van der Waals surface area (Å²) in [5.41, 5.74) is 3.84. The summed E-state index contributed by atoms with van der Waals surface area (Å²) in [5.74, 6) is 1.58. The number of piperidine rings is 1. The SMILES string of the molecule is COc1cccc(CN(Cc2ccc(CC3CCN(C(C)=O)CC3)cc2)C2CC2)n1. The topological polar surface area (TPSA) is 45.7 Å². The number of aromatic nitrogens is 1. The van der Waals surface area contributed by atoms with Crippen molar-refractivity contribution in [2.75, 3.05) is 20.2 Å². The van der Waals surface area contributed by atoms with Crippen LogP contribution in [0.25, 0.3) is 0 Å². The normalized spacial score (nSPS) is 17.4. The number of ether oxygens (including phenoxy) is 1. The number of hydrogen-bond donors (Lipinski definition) is 0. The largest absolute Gasteiger partial charge is 0.481 e. The minimum absolute atomic E-state index is 0.210. The zero-order valence-corrected chi connectivity index (χ0v) is 18.2. The first-order valence-electron chi connectivity index (χ1n) is 11.2. The summed E-state index contributed by atoms with van der Waals surface area (Å²) in [6.07, 6.45) is 5.91. The van der Waals surface area contributed by atoms with Crippen LogP contribution in [0.2, 0.25) is 0 Å². The molecule has 0 atom stereocenters. The van der Waals surface area contributed by atoms with Gasteiger partial charge in [0, 0.05) is 45.2 Å². The molecule has 1 saturated carbocycles. The Morgan fingerprint density at radius 3 is 2.37 bits per heavy atom. The molecule has 160 valence electrons. The van der Waals surface area contributed by atoms with Gasteiger partial charge in [-0.05, 0) is 55.2 Å². The molecular weight excluding hydrogens is 374 g/mol. The second kappa shape index (κ2) is 9.61. The summed E-state index contributed by atoms with van der Waals surface area (Å²) in [7, 11) is 1.67. The molecule has 1 saturated heterocycles. The van der Waals surface area contributed by atoms with Crippen molar-refractivity contribution in [1.29, 1.82) is 0 Å². The monoisotopic (exact) mass is 407 g/mol. The van der Waals surface area contributed by atoms with Crippen LogP contribution >= 0.6 is 0 Å². The second-order valence-corrected chi connectivity index (χ2v) is 8.78. The summed E-state index contributed by atoms with van der Waals surface area (Å²) >= 11 is 0. The van der Waals surface area contributed by atoms with Gasteiger partial charge in [0.25, 0.3) is 0 Å². The lowest BCUT2D eigenvalue weighted by molar-refractivity contribution is -0.130. The van der Waals surface area contributed by atoms with Gasteiger partial charge in [-0.2, -0.15) is 0 Å². The third-order valence-electron chi connectivity index (χ3n) is 6.41. The first-order valence-corrected chi connectivity index (χ1v) is 11.2. The van der Waals surface area contributed by atoms with Crippen molar-refractivity contribution in [2.45, 2.75) is 58.2 Å². The maximum atomic E-state index is 11.5. The molecule has 0 N–H and O–H groups in total. The summed E-state index contributed by atoms with van der Waals surface area (Å²) in [6, 6.07) is 15.8. The highest BCUT2D eigenvalue weighted by Gasteiger charge is 2.29. The number of carbonyl (C=O) groups excluding carboxylic acids is 1. The summed E-state index contributed by atoms with van der Waals surface area (Å²) in [6.45, 7) is 5.31. The maximum Gasteiger partial charge on any atom is 0.219 e. The molecule has 1 amide bonds. The third kappa shape index (κ3) is 5.60. The second-order valence-electron chi connectivity index (χ2n) is 8.78. The summed E-state index contributed by atoms with van der Waals surface area (Å²) < 4.78 is 5.27. The Morgan fingerprint density at radius 1 is 1.03 bits per heavy atom. The molecule has 0 unspecified atom stereocenters. The molecule has 0 bridgehead atoms. The van der Waals surface area contributed by atoms with Gasteiger partial charge >= 0.3 is 0 Å². The molecule has 1 aromatic carbocycles. The number of pyridine rings is 1. The predicted octanol–water partition coefficient (Wildman–Crippen LogP) is 4.06. The van der Waals surface area contributed by atoms with Gasteiger partial charge in [-0.25, -0.2) is 4.98 Å². The van der Waals surface area contributed by atoms with E-state index in [4.69, 9.17) is 4.74 Å². The maximum absolute atomic E-state index is 11.5. The number of likely N-dealkylation sites (tertiary alicyclic amines) is 1. The zero-order chi connectivity index (χ0) is 20.9. The number of hydrogen-bond acceptors (Lipinski definition) is 4. The average Bonchev–Trinajstić information content (AvgIpc) is 3.61. The number of methoxy groups -OCH3 is 1. The molecular formula is C25H33N3O2. The molecule has 1 aliphatic heterocycles. The van der Waals surface area contributed by atoms with Crippen molar-refractivity contribution >= 4 is 5.91 Å². The van der Waals surface area contributed by atoms with Crippen molar-refractivity contribution in [1.82, 2.24) is 14.8 Å². The van der Waals surface area contributed by atoms with E-state index in [1.165, 1.54) is 24.0 Å². The molecule has 2 heterocycles. The lowest BCUT2D eigenvalue weighted by Crippen LogP contribution is -2.37. The first-order chi connectivity index (χ1) is 14.6. The Hall–Kier alpha value is -2.40. The van der Waals surface area contributed by atoms with Gasteiger partial charge in [0.1, 0.15) is 0 Å². The van der Waals surface area contributed by atoms with Gasteiger partial charge in [-0.1, -0.05) is 30.3 Å². The molecule has 2 aromatic rings. The van der Waals surface area contributed by atoms with Crippen LogP contribution in [0.15, 0.2) is 42.5 Å². The molecule has 4 rings (SSSR count). The summed E-state index contributed by atoms with van der Waals surface area (Å²) in [4.78, 5) is 20.6. The van der Waals surface area contributed by atoms with E-state index < -0.39 is 0 Å². The molecule has 5 heteroatoms. The Morgan fingerprint density at radius 2 is 1.73 bits per heavy atom. The fourth-order valence-corrected chi connectivity index (χ4v) is 4.42. The number of carbonyl (C=O) groups is 1. The minimum Gasteiger partial charge on any atom is -0.481 e. The van der Waals surface area contributed by atoms with Crippen LogP contribution in [-0.2, 0) is 24.3 Å². The van der Waals surface area contributed by atoms with Crippen LogP contribution < -0.4 is 4.74 Å². The van der Waals surface area contributed by atoms with Crippen molar-refractivity contribution in [3.05, 3.63) is 59.3 Å². The van der Waals surface area contributed by atoms with Crippen molar-refractivity contribution < 1.29 is 9.53 Å². The minimum atomic E-state index is 0.210. The fourth-order valence-electron chi connectivity index (χ4n) is 4.42. The van der Waals surface area contributed by atoms with Crippen molar-refractivity contribution in [3.8, 4) is 5.88 Å². The van der Waals surface area contributed by atoms with E-state index in [0.29, 0.717) is 17.8 Å². The molecule has 1 aliphatic carbocycles. The Balaban J connectivity index is 1.32. The van der Waals surface area contributed by atoms with Gasteiger partial charge in [0.2, 0.25) is 11.8 Å². The van der Waals surface area contributed by atoms with E-state index in [-0.39, 0.29) is 5.91 Å². The number of nitrogens with zero attached hydrogens (tertiary/aromatic N) is 3. The molecule has 2 fully saturated rings. The van der Waals surface area contributed by atoms with Crippen LogP contribution in [0.5, 0.6) is 5.88 Å². The highest BCUT2D eigenvalue weighted by atomic mass is 16.5. The number of rotatable bonds is 8. The molecule has 0 radical (unpaired) electrons. The van der Waals surface area contributed by atoms with Gasteiger partial charge in [-0.15, -0.1) is 0 Å². The quantitative estimate of drug-likeness (QED) is 0.662. The van der Waals surface area contributed by atoms with Gasteiger partial charge in [0.05, 0.1) is 12.8 Å². The van der Waals surface area contributed by atoms with Gasteiger partial charge in [0.15, 0.2) is 0 Å². The van der Waals surface area contributed by atoms with Crippen LogP contribution in [0, 0.1) is 5.92 Å². The van der Waals surface area contributed by atoms with Gasteiger partial charge < -0.3 is 9.64 Å². The molecule has 5 nitrogen and oxygen atoms in total.